The predicted molar refractivity (Wildman–Crippen MR) is 92.2 cm³/mol. The van der Waals surface area contributed by atoms with Gasteiger partial charge in [0, 0.05) is 18.1 Å². The molecule has 0 saturated heterocycles. The quantitative estimate of drug-likeness (QED) is 0.751. The fraction of sp³-hybridized carbons (Fsp3) is 0.278. The average molecular weight is 333 g/mol. The Kier molecular flexibility index (Phi) is 6.94. The first kappa shape index (κ1) is 17.3. The molecule has 0 unspecified atom stereocenters. The van der Waals surface area contributed by atoms with Gasteiger partial charge in [-0.3, -0.25) is 4.79 Å². The van der Waals surface area contributed by atoms with E-state index in [4.69, 9.17) is 4.74 Å². The smallest absolute Gasteiger partial charge is 0.257 e. The third-order valence-electron chi connectivity index (χ3n) is 3.28. The second kappa shape index (κ2) is 9.20. The van der Waals surface area contributed by atoms with Crippen LogP contribution < -0.4 is 10.1 Å². The summed E-state index contributed by atoms with van der Waals surface area (Å²) >= 11 is 1.76. The Morgan fingerprint density at radius 1 is 1.17 bits per heavy atom. The Morgan fingerprint density at radius 3 is 2.70 bits per heavy atom. The molecule has 0 aromatic heterocycles. The summed E-state index contributed by atoms with van der Waals surface area (Å²) in [6.45, 7) is 2.48. The molecule has 0 saturated carbocycles. The minimum atomic E-state index is -0.464. The maximum absolute atomic E-state index is 13.3. The number of amides is 1. The summed E-state index contributed by atoms with van der Waals surface area (Å²) in [6.07, 6.45) is 0. The maximum atomic E-state index is 13.3. The summed E-state index contributed by atoms with van der Waals surface area (Å²) in [5, 5.41) is 2.77. The molecule has 5 heteroatoms. The van der Waals surface area contributed by atoms with Gasteiger partial charge in [-0.05, 0) is 30.2 Å². The van der Waals surface area contributed by atoms with Gasteiger partial charge < -0.3 is 10.1 Å². The number of benzene rings is 2. The number of aryl methyl sites for hydroxylation is 1. The van der Waals surface area contributed by atoms with Crippen LogP contribution in [0.4, 0.5) is 4.39 Å². The van der Waals surface area contributed by atoms with Crippen LogP contribution in [0.2, 0.25) is 0 Å². The Labute approximate surface area is 140 Å². The van der Waals surface area contributed by atoms with Gasteiger partial charge in [0.25, 0.3) is 5.91 Å². The van der Waals surface area contributed by atoms with Crippen molar-refractivity contribution in [1.29, 1.82) is 0 Å². The van der Waals surface area contributed by atoms with E-state index >= 15 is 0 Å². The summed E-state index contributed by atoms with van der Waals surface area (Å²) in [5.74, 6) is 1.13. The number of rotatable bonds is 8. The first-order valence-electron chi connectivity index (χ1n) is 7.43. The van der Waals surface area contributed by atoms with Crippen LogP contribution in [0.5, 0.6) is 5.75 Å². The highest BCUT2D eigenvalue weighted by atomic mass is 32.2. The average Bonchev–Trinajstić information content (AvgIpc) is 2.55. The number of carbonyl (C=O) groups excluding carboxylic acids is 1. The van der Waals surface area contributed by atoms with Gasteiger partial charge in [-0.1, -0.05) is 36.4 Å². The van der Waals surface area contributed by atoms with E-state index in [0.717, 1.165) is 11.5 Å². The molecule has 2 aromatic carbocycles. The third kappa shape index (κ3) is 5.94. The standard InChI is InChI=1S/C18H20FNO2S/c1-14-6-2-3-7-15(14)13-23-11-10-20-18(21)12-22-17-9-5-4-8-16(17)19/h2-9H,10-13H2,1H3,(H,20,21). The van der Waals surface area contributed by atoms with Gasteiger partial charge in [-0.2, -0.15) is 11.8 Å². The zero-order chi connectivity index (χ0) is 16.5. The van der Waals surface area contributed by atoms with Gasteiger partial charge >= 0.3 is 0 Å². The van der Waals surface area contributed by atoms with E-state index in [1.54, 1.807) is 23.9 Å². The second-order valence-electron chi connectivity index (χ2n) is 5.05. The molecule has 0 atom stereocenters. The van der Waals surface area contributed by atoms with Gasteiger partial charge in [-0.15, -0.1) is 0 Å². The van der Waals surface area contributed by atoms with Gasteiger partial charge in [0.2, 0.25) is 0 Å². The SMILES string of the molecule is Cc1ccccc1CSCCNC(=O)COc1ccccc1F. The van der Waals surface area contributed by atoms with Crippen molar-refractivity contribution in [2.75, 3.05) is 18.9 Å². The summed E-state index contributed by atoms with van der Waals surface area (Å²) in [5.41, 5.74) is 2.59. The van der Waals surface area contributed by atoms with Gasteiger partial charge in [0.05, 0.1) is 0 Å². The molecule has 1 amide bonds. The van der Waals surface area contributed by atoms with Crippen molar-refractivity contribution in [2.24, 2.45) is 0 Å². The highest BCUT2D eigenvalue weighted by Gasteiger charge is 2.05. The molecular formula is C18H20FNO2S. The van der Waals surface area contributed by atoms with E-state index in [1.165, 1.54) is 23.3 Å². The lowest BCUT2D eigenvalue weighted by atomic mass is 10.1. The van der Waals surface area contributed by atoms with Crippen LogP contribution in [0.1, 0.15) is 11.1 Å². The molecule has 2 aromatic rings. The van der Waals surface area contributed by atoms with Crippen LogP contribution in [-0.2, 0) is 10.5 Å². The molecule has 0 spiro atoms. The Morgan fingerprint density at radius 2 is 1.91 bits per heavy atom. The van der Waals surface area contributed by atoms with Gasteiger partial charge in [-0.25, -0.2) is 4.39 Å². The fourth-order valence-corrected chi connectivity index (χ4v) is 2.91. The van der Waals surface area contributed by atoms with Crippen molar-refractivity contribution >= 4 is 17.7 Å². The predicted octanol–water partition coefficient (Wildman–Crippen LogP) is 3.56. The monoisotopic (exact) mass is 333 g/mol. The summed E-state index contributed by atoms with van der Waals surface area (Å²) in [7, 11) is 0. The van der Waals surface area contributed by atoms with Crippen LogP contribution in [-0.4, -0.2) is 24.8 Å². The lowest BCUT2D eigenvalue weighted by Crippen LogP contribution is -2.30. The highest BCUT2D eigenvalue weighted by molar-refractivity contribution is 7.98. The van der Waals surface area contributed by atoms with Crippen molar-refractivity contribution in [3.63, 3.8) is 0 Å². The van der Waals surface area contributed by atoms with Crippen molar-refractivity contribution in [3.8, 4) is 5.75 Å². The number of hydrogen-bond donors (Lipinski definition) is 1. The molecule has 0 radical (unpaired) electrons. The molecule has 23 heavy (non-hydrogen) atoms. The molecule has 0 aliphatic rings. The highest BCUT2D eigenvalue weighted by Crippen LogP contribution is 2.16. The fourth-order valence-electron chi connectivity index (χ4n) is 1.97. The van der Waals surface area contributed by atoms with E-state index in [9.17, 15) is 9.18 Å². The van der Waals surface area contributed by atoms with Crippen LogP contribution in [0.15, 0.2) is 48.5 Å². The van der Waals surface area contributed by atoms with Crippen molar-refractivity contribution in [1.82, 2.24) is 5.32 Å². The van der Waals surface area contributed by atoms with E-state index < -0.39 is 5.82 Å². The van der Waals surface area contributed by atoms with E-state index in [1.807, 2.05) is 12.1 Å². The normalized spacial score (nSPS) is 10.3. The zero-order valence-electron chi connectivity index (χ0n) is 13.0. The number of carbonyl (C=O) groups is 1. The summed E-state index contributed by atoms with van der Waals surface area (Å²) in [4.78, 5) is 11.6. The number of hydrogen-bond acceptors (Lipinski definition) is 3. The maximum Gasteiger partial charge on any atom is 0.257 e. The minimum absolute atomic E-state index is 0.0941. The van der Waals surface area contributed by atoms with Crippen LogP contribution in [0.25, 0.3) is 0 Å². The lowest BCUT2D eigenvalue weighted by molar-refractivity contribution is -0.123. The number of ether oxygens (including phenoxy) is 1. The Balaban J connectivity index is 1.60. The Hall–Kier alpha value is -2.01. The van der Waals surface area contributed by atoms with Crippen molar-refractivity contribution < 1.29 is 13.9 Å². The van der Waals surface area contributed by atoms with Gasteiger partial charge in [0.1, 0.15) is 0 Å². The van der Waals surface area contributed by atoms with Crippen LogP contribution in [0.3, 0.4) is 0 Å². The molecule has 0 aliphatic carbocycles. The third-order valence-corrected chi connectivity index (χ3v) is 4.29. The zero-order valence-corrected chi connectivity index (χ0v) is 13.9. The first-order chi connectivity index (χ1) is 11.2. The van der Waals surface area contributed by atoms with E-state index in [2.05, 4.69) is 24.4 Å². The van der Waals surface area contributed by atoms with Crippen molar-refractivity contribution in [3.05, 3.63) is 65.5 Å². The topological polar surface area (TPSA) is 38.3 Å². The van der Waals surface area contributed by atoms with E-state index in [-0.39, 0.29) is 18.3 Å². The molecule has 0 aliphatic heterocycles. The number of nitrogens with one attached hydrogen (secondary N) is 1. The van der Waals surface area contributed by atoms with Gasteiger partial charge in [0.15, 0.2) is 18.2 Å². The number of thioether (sulfide) groups is 1. The van der Waals surface area contributed by atoms with Crippen molar-refractivity contribution in [2.45, 2.75) is 12.7 Å². The molecule has 0 fully saturated rings. The molecule has 1 N–H and O–H groups in total. The summed E-state index contributed by atoms with van der Waals surface area (Å²) < 4.78 is 18.5. The minimum Gasteiger partial charge on any atom is -0.481 e. The Bertz CT molecular complexity index is 648. The van der Waals surface area contributed by atoms with E-state index in [0.29, 0.717) is 6.54 Å². The number of para-hydroxylation sites is 1. The van der Waals surface area contributed by atoms with Crippen LogP contribution in [0, 0.1) is 12.7 Å². The first-order valence-corrected chi connectivity index (χ1v) is 8.58. The molecule has 2 rings (SSSR count). The molecule has 3 nitrogen and oxygen atoms in total. The number of halogens is 1. The molecule has 122 valence electrons. The summed E-state index contributed by atoms with van der Waals surface area (Å²) in [6, 6.07) is 14.3. The molecular weight excluding hydrogens is 313 g/mol. The van der Waals surface area contributed by atoms with Crippen LogP contribution >= 0.6 is 11.8 Å². The second-order valence-corrected chi connectivity index (χ2v) is 6.15. The molecule has 0 heterocycles. The lowest BCUT2D eigenvalue weighted by Gasteiger charge is -2.08. The molecule has 0 bridgehead atoms. The largest absolute Gasteiger partial charge is 0.481 e.